The van der Waals surface area contributed by atoms with Crippen LogP contribution in [0.5, 0.6) is 0 Å². The van der Waals surface area contributed by atoms with Crippen LogP contribution in [0.1, 0.15) is 24.2 Å². The first kappa shape index (κ1) is 19.5. The average Bonchev–Trinajstić information content (AvgIpc) is 3.28. The zero-order valence-corrected chi connectivity index (χ0v) is 17.2. The molecule has 1 aliphatic rings. The maximum Gasteiger partial charge on any atom is 0.225 e. The molecule has 150 valence electrons. The van der Waals surface area contributed by atoms with E-state index in [1.54, 1.807) is 18.0 Å². The van der Waals surface area contributed by atoms with Gasteiger partial charge in [-0.1, -0.05) is 29.5 Å². The smallest absolute Gasteiger partial charge is 0.225 e. The molecule has 0 unspecified atom stereocenters. The third-order valence-corrected chi connectivity index (χ3v) is 5.94. The molecule has 4 rings (SSSR count). The van der Waals surface area contributed by atoms with E-state index < -0.39 is 0 Å². The molecule has 3 aromatic rings. The van der Waals surface area contributed by atoms with Gasteiger partial charge in [0.15, 0.2) is 5.82 Å². The van der Waals surface area contributed by atoms with Crippen LogP contribution in [0.25, 0.3) is 0 Å². The van der Waals surface area contributed by atoms with Crippen LogP contribution in [0, 0.1) is 12.8 Å². The average molecular weight is 409 g/mol. The molecule has 0 saturated carbocycles. The number of furan rings is 1. The van der Waals surface area contributed by atoms with Crippen molar-refractivity contribution in [2.45, 2.75) is 36.2 Å². The van der Waals surface area contributed by atoms with Crippen LogP contribution in [0.3, 0.4) is 0 Å². The Bertz CT molecular complexity index is 926. The van der Waals surface area contributed by atoms with Crippen LogP contribution in [0.4, 0.5) is 5.82 Å². The zero-order chi connectivity index (χ0) is 20.1. The van der Waals surface area contributed by atoms with Gasteiger partial charge in [0.1, 0.15) is 10.8 Å². The summed E-state index contributed by atoms with van der Waals surface area (Å²) in [6.07, 6.45) is 3.46. The van der Waals surface area contributed by atoms with Crippen molar-refractivity contribution in [3.63, 3.8) is 0 Å². The molecule has 3 heterocycles. The van der Waals surface area contributed by atoms with Gasteiger partial charge in [-0.3, -0.25) is 4.79 Å². The molecule has 1 fully saturated rings. The lowest BCUT2D eigenvalue weighted by molar-refractivity contribution is -0.125. The summed E-state index contributed by atoms with van der Waals surface area (Å²) in [7, 11) is 0. The molecule has 6 nitrogen and oxygen atoms in total. The lowest BCUT2D eigenvalue weighted by Gasteiger charge is -2.32. The highest BCUT2D eigenvalue weighted by molar-refractivity contribution is 7.99. The van der Waals surface area contributed by atoms with Gasteiger partial charge < -0.3 is 14.6 Å². The number of piperidine rings is 1. The van der Waals surface area contributed by atoms with Crippen LogP contribution in [0.15, 0.2) is 69.1 Å². The quantitative estimate of drug-likeness (QED) is 0.663. The molecule has 1 amide bonds. The number of anilines is 1. The molecule has 1 saturated heterocycles. The molecule has 0 radical (unpaired) electrons. The predicted molar refractivity (Wildman–Crippen MR) is 113 cm³/mol. The highest BCUT2D eigenvalue weighted by Gasteiger charge is 2.26. The van der Waals surface area contributed by atoms with Crippen molar-refractivity contribution >= 4 is 23.5 Å². The second kappa shape index (κ2) is 9.13. The van der Waals surface area contributed by atoms with Gasteiger partial charge in [-0.2, -0.15) is 0 Å². The standard InChI is InChI=1S/C22H24N4O2S/c1-16-6-8-19(9-7-16)29-21-11-10-20(24-25-21)26-12-2-4-17(15-26)22(27)23-14-18-5-3-13-28-18/h3,5-11,13,17H,2,4,12,14-15H2,1H3,(H,23,27)/t17-/m1/s1. The third kappa shape index (κ3) is 5.17. The summed E-state index contributed by atoms with van der Waals surface area (Å²) in [6.45, 7) is 4.05. The Morgan fingerprint density at radius 1 is 1.21 bits per heavy atom. The Kier molecular flexibility index (Phi) is 6.14. The van der Waals surface area contributed by atoms with Crippen molar-refractivity contribution < 1.29 is 9.21 Å². The largest absolute Gasteiger partial charge is 0.467 e. The zero-order valence-electron chi connectivity index (χ0n) is 16.4. The molecular formula is C22H24N4O2S. The number of amides is 1. The maximum absolute atomic E-state index is 12.5. The van der Waals surface area contributed by atoms with Crippen LogP contribution in [-0.2, 0) is 11.3 Å². The summed E-state index contributed by atoms with van der Waals surface area (Å²) in [6, 6.07) is 16.0. The third-order valence-electron chi connectivity index (χ3n) is 5.00. The fourth-order valence-corrected chi connectivity index (χ4v) is 4.13. The highest BCUT2D eigenvalue weighted by atomic mass is 32.2. The monoisotopic (exact) mass is 408 g/mol. The van der Waals surface area contributed by atoms with Crippen molar-refractivity contribution in [1.82, 2.24) is 15.5 Å². The number of benzene rings is 1. The number of aryl methyl sites for hydroxylation is 1. The van der Waals surface area contributed by atoms with Crippen molar-refractivity contribution in [3.8, 4) is 0 Å². The molecule has 1 N–H and O–H groups in total. The molecule has 2 aromatic heterocycles. The molecule has 0 spiro atoms. The summed E-state index contributed by atoms with van der Waals surface area (Å²) >= 11 is 1.60. The first-order valence-electron chi connectivity index (χ1n) is 9.81. The van der Waals surface area contributed by atoms with E-state index >= 15 is 0 Å². The van der Waals surface area contributed by atoms with Gasteiger partial charge in [0.25, 0.3) is 0 Å². The number of nitrogens with one attached hydrogen (secondary N) is 1. The van der Waals surface area contributed by atoms with Gasteiger partial charge in [-0.05, 0) is 56.2 Å². The van der Waals surface area contributed by atoms with E-state index in [0.29, 0.717) is 13.1 Å². The Balaban J connectivity index is 1.34. The highest BCUT2D eigenvalue weighted by Crippen LogP contribution is 2.27. The molecule has 1 aromatic carbocycles. The van der Waals surface area contributed by atoms with Gasteiger partial charge in [0.2, 0.25) is 5.91 Å². The van der Waals surface area contributed by atoms with Crippen LogP contribution >= 0.6 is 11.8 Å². The minimum Gasteiger partial charge on any atom is -0.467 e. The molecular weight excluding hydrogens is 384 g/mol. The molecule has 0 bridgehead atoms. The van der Waals surface area contributed by atoms with Gasteiger partial charge in [-0.15, -0.1) is 10.2 Å². The number of rotatable bonds is 6. The van der Waals surface area contributed by atoms with Crippen molar-refractivity contribution in [2.24, 2.45) is 5.92 Å². The second-order valence-corrected chi connectivity index (χ2v) is 8.32. The Morgan fingerprint density at radius 2 is 2.07 bits per heavy atom. The summed E-state index contributed by atoms with van der Waals surface area (Å²) in [5.41, 5.74) is 1.24. The van der Waals surface area contributed by atoms with E-state index in [1.165, 1.54) is 5.56 Å². The predicted octanol–water partition coefficient (Wildman–Crippen LogP) is 4.06. The molecule has 7 heteroatoms. The lowest BCUT2D eigenvalue weighted by atomic mass is 9.97. The summed E-state index contributed by atoms with van der Waals surface area (Å²) < 4.78 is 5.28. The van der Waals surface area contributed by atoms with Crippen molar-refractivity contribution in [2.75, 3.05) is 18.0 Å². The van der Waals surface area contributed by atoms with Gasteiger partial charge in [0, 0.05) is 18.0 Å². The minimum atomic E-state index is -0.0536. The number of carbonyl (C=O) groups is 1. The number of hydrogen-bond donors (Lipinski definition) is 1. The van der Waals surface area contributed by atoms with Crippen LogP contribution < -0.4 is 10.2 Å². The molecule has 29 heavy (non-hydrogen) atoms. The first-order valence-corrected chi connectivity index (χ1v) is 10.6. The van der Waals surface area contributed by atoms with Gasteiger partial charge >= 0.3 is 0 Å². The molecule has 0 aliphatic carbocycles. The van der Waals surface area contributed by atoms with Gasteiger partial charge in [-0.25, -0.2) is 0 Å². The molecule has 1 aliphatic heterocycles. The molecule has 1 atom stereocenters. The second-order valence-electron chi connectivity index (χ2n) is 7.23. The summed E-state index contributed by atoms with van der Waals surface area (Å²) in [5.74, 6) is 1.59. The van der Waals surface area contributed by atoms with Crippen molar-refractivity contribution in [3.05, 3.63) is 66.1 Å². The van der Waals surface area contributed by atoms with E-state index in [1.807, 2.05) is 24.3 Å². The fraction of sp³-hybridized carbons (Fsp3) is 0.318. The first-order chi connectivity index (χ1) is 14.2. The van der Waals surface area contributed by atoms with E-state index in [0.717, 1.165) is 40.9 Å². The topological polar surface area (TPSA) is 71.3 Å². The van der Waals surface area contributed by atoms with Crippen LogP contribution in [0.2, 0.25) is 0 Å². The minimum absolute atomic E-state index is 0.0536. The number of nitrogens with zero attached hydrogens (tertiary/aromatic N) is 3. The number of aromatic nitrogens is 2. The number of carbonyl (C=O) groups excluding carboxylic acids is 1. The maximum atomic E-state index is 12.5. The van der Waals surface area contributed by atoms with E-state index in [9.17, 15) is 4.79 Å². The summed E-state index contributed by atoms with van der Waals surface area (Å²) in [4.78, 5) is 15.8. The fourth-order valence-electron chi connectivity index (χ4n) is 3.39. The van der Waals surface area contributed by atoms with E-state index in [2.05, 4.69) is 51.6 Å². The Labute approximate surface area is 174 Å². The number of hydrogen-bond acceptors (Lipinski definition) is 6. The summed E-state index contributed by atoms with van der Waals surface area (Å²) in [5, 5.41) is 12.6. The van der Waals surface area contributed by atoms with Gasteiger partial charge in [0.05, 0.1) is 18.7 Å². The van der Waals surface area contributed by atoms with E-state index in [4.69, 9.17) is 4.42 Å². The normalized spacial score (nSPS) is 16.6. The SMILES string of the molecule is Cc1ccc(Sc2ccc(N3CCC[C@@H](C(=O)NCc4ccco4)C3)nn2)cc1. The Hall–Kier alpha value is -2.80. The van der Waals surface area contributed by atoms with Crippen molar-refractivity contribution in [1.29, 1.82) is 0 Å². The van der Waals surface area contributed by atoms with E-state index in [-0.39, 0.29) is 11.8 Å². The van der Waals surface area contributed by atoms with Crippen LogP contribution in [-0.4, -0.2) is 29.2 Å². The lowest BCUT2D eigenvalue weighted by Crippen LogP contribution is -2.43. The Morgan fingerprint density at radius 3 is 2.79 bits per heavy atom.